The predicted octanol–water partition coefficient (Wildman–Crippen LogP) is 5.93. The first kappa shape index (κ1) is 29.8. The molecule has 0 fully saturated rings. The second kappa shape index (κ2) is 12.8. The summed E-state index contributed by atoms with van der Waals surface area (Å²) < 4.78 is 11.5. The maximum Gasteiger partial charge on any atom is 0.261 e. The smallest absolute Gasteiger partial charge is 0.261 e. The molecule has 208 valence electrons. The van der Waals surface area contributed by atoms with Crippen LogP contribution in [0.2, 0.25) is 0 Å². The molecule has 6 nitrogen and oxygen atoms in total. The van der Waals surface area contributed by atoms with Crippen molar-refractivity contribution in [1.29, 1.82) is 0 Å². The molecule has 0 bridgehead atoms. The van der Waals surface area contributed by atoms with Gasteiger partial charge in [0.1, 0.15) is 17.5 Å². The van der Waals surface area contributed by atoms with Crippen LogP contribution in [0.5, 0.6) is 11.5 Å². The monoisotopic (exact) mass is 530 g/mol. The summed E-state index contributed by atoms with van der Waals surface area (Å²) in [5, 5.41) is 3.09. The Labute approximate surface area is 233 Å². The van der Waals surface area contributed by atoms with Crippen molar-refractivity contribution >= 4 is 11.8 Å². The van der Waals surface area contributed by atoms with Crippen molar-refractivity contribution in [2.24, 2.45) is 0 Å². The van der Waals surface area contributed by atoms with Gasteiger partial charge in [0, 0.05) is 18.5 Å². The minimum absolute atomic E-state index is 0.150. The Morgan fingerprint density at radius 3 is 2.13 bits per heavy atom. The van der Waals surface area contributed by atoms with Crippen molar-refractivity contribution in [2.75, 3.05) is 13.7 Å². The fourth-order valence-electron chi connectivity index (χ4n) is 4.41. The predicted molar refractivity (Wildman–Crippen MR) is 156 cm³/mol. The Morgan fingerprint density at radius 1 is 0.846 bits per heavy atom. The molecule has 0 radical (unpaired) electrons. The van der Waals surface area contributed by atoms with E-state index in [0.29, 0.717) is 17.9 Å². The van der Waals surface area contributed by atoms with Gasteiger partial charge in [0.15, 0.2) is 6.61 Å². The van der Waals surface area contributed by atoms with Crippen LogP contribution in [0.25, 0.3) is 0 Å². The largest absolute Gasteiger partial charge is 0.497 e. The number of hydrogen-bond acceptors (Lipinski definition) is 4. The van der Waals surface area contributed by atoms with Crippen molar-refractivity contribution < 1.29 is 19.1 Å². The number of ether oxygens (including phenoxy) is 2. The standard InChI is InChI=1S/C33H42N2O4/c1-32(2,3)27-18-11-12-19-29(27)39-23-30(36)35(22-25-16-13-17-26(20-25)38-7)28(31(37)34-33(4,5)6)21-24-14-9-8-10-15-24/h8-20,28H,21-23H2,1-7H3,(H,34,37)/t28-/m1/s1. The number of carbonyl (C=O) groups excluding carboxylic acids is 2. The summed E-state index contributed by atoms with van der Waals surface area (Å²) >= 11 is 0. The summed E-state index contributed by atoms with van der Waals surface area (Å²) in [7, 11) is 1.61. The van der Waals surface area contributed by atoms with Gasteiger partial charge in [-0.05, 0) is 61.1 Å². The third-order valence-electron chi connectivity index (χ3n) is 6.30. The van der Waals surface area contributed by atoms with E-state index >= 15 is 0 Å². The van der Waals surface area contributed by atoms with Crippen molar-refractivity contribution in [2.45, 2.75) is 71.5 Å². The van der Waals surface area contributed by atoms with Crippen LogP contribution in [0.15, 0.2) is 78.9 Å². The van der Waals surface area contributed by atoms with Gasteiger partial charge in [0.05, 0.1) is 7.11 Å². The Kier molecular flexibility index (Phi) is 9.79. The first-order valence-corrected chi connectivity index (χ1v) is 13.4. The van der Waals surface area contributed by atoms with E-state index in [1.165, 1.54) is 0 Å². The molecule has 2 amide bonds. The zero-order valence-corrected chi connectivity index (χ0v) is 24.3. The number of para-hydroxylation sites is 1. The Hall–Kier alpha value is -3.80. The van der Waals surface area contributed by atoms with Crippen LogP contribution in [0.4, 0.5) is 0 Å². The molecule has 1 N–H and O–H groups in total. The van der Waals surface area contributed by atoms with Crippen molar-refractivity contribution in [1.82, 2.24) is 10.2 Å². The SMILES string of the molecule is COc1cccc(CN(C(=O)COc2ccccc2C(C)(C)C)[C@H](Cc2ccccc2)C(=O)NC(C)(C)C)c1. The number of carbonyl (C=O) groups is 2. The first-order valence-electron chi connectivity index (χ1n) is 13.4. The molecule has 3 aromatic carbocycles. The normalized spacial score (nSPS) is 12.4. The van der Waals surface area contributed by atoms with E-state index in [0.717, 1.165) is 16.7 Å². The van der Waals surface area contributed by atoms with Crippen LogP contribution in [-0.4, -0.2) is 42.0 Å². The summed E-state index contributed by atoms with van der Waals surface area (Å²) in [4.78, 5) is 29.3. The Bertz CT molecular complexity index is 1240. The molecule has 39 heavy (non-hydrogen) atoms. The van der Waals surface area contributed by atoms with Crippen LogP contribution in [0.3, 0.4) is 0 Å². The number of hydrogen-bond donors (Lipinski definition) is 1. The quantitative estimate of drug-likeness (QED) is 0.353. The van der Waals surface area contributed by atoms with E-state index in [9.17, 15) is 9.59 Å². The van der Waals surface area contributed by atoms with E-state index in [-0.39, 0.29) is 30.4 Å². The number of methoxy groups -OCH3 is 1. The highest BCUT2D eigenvalue weighted by molar-refractivity contribution is 5.89. The molecular weight excluding hydrogens is 488 g/mol. The highest BCUT2D eigenvalue weighted by Crippen LogP contribution is 2.31. The molecule has 6 heteroatoms. The average molecular weight is 531 g/mol. The molecule has 0 aliphatic carbocycles. The summed E-state index contributed by atoms with van der Waals surface area (Å²) in [5.74, 6) is 0.872. The third-order valence-corrected chi connectivity index (χ3v) is 6.30. The molecule has 0 saturated heterocycles. The molecule has 0 aromatic heterocycles. The van der Waals surface area contributed by atoms with Crippen LogP contribution in [0.1, 0.15) is 58.2 Å². The number of benzene rings is 3. The van der Waals surface area contributed by atoms with E-state index < -0.39 is 11.6 Å². The van der Waals surface area contributed by atoms with Crippen LogP contribution in [0, 0.1) is 0 Å². The van der Waals surface area contributed by atoms with Crippen molar-refractivity contribution in [3.05, 3.63) is 95.6 Å². The average Bonchev–Trinajstić information content (AvgIpc) is 2.88. The van der Waals surface area contributed by atoms with Crippen LogP contribution in [-0.2, 0) is 28.0 Å². The van der Waals surface area contributed by atoms with Gasteiger partial charge in [0.25, 0.3) is 5.91 Å². The molecule has 0 unspecified atom stereocenters. The molecule has 0 heterocycles. The highest BCUT2D eigenvalue weighted by Gasteiger charge is 2.33. The van der Waals surface area contributed by atoms with Gasteiger partial charge >= 0.3 is 0 Å². The topological polar surface area (TPSA) is 67.9 Å². The van der Waals surface area contributed by atoms with Crippen molar-refractivity contribution in [3.8, 4) is 11.5 Å². The number of nitrogens with one attached hydrogen (secondary N) is 1. The fraction of sp³-hybridized carbons (Fsp3) is 0.394. The molecule has 3 aromatic rings. The summed E-state index contributed by atoms with van der Waals surface area (Å²) in [6.07, 6.45) is 0.372. The van der Waals surface area contributed by atoms with Crippen LogP contribution < -0.4 is 14.8 Å². The maximum atomic E-state index is 13.9. The second-order valence-corrected chi connectivity index (χ2v) is 11.9. The summed E-state index contributed by atoms with van der Waals surface area (Å²) in [6, 6.07) is 24.3. The minimum Gasteiger partial charge on any atom is -0.497 e. The van der Waals surface area contributed by atoms with Gasteiger partial charge < -0.3 is 19.7 Å². The lowest BCUT2D eigenvalue weighted by atomic mass is 9.86. The number of nitrogens with zero attached hydrogens (tertiary/aromatic N) is 1. The van der Waals surface area contributed by atoms with E-state index in [1.54, 1.807) is 12.0 Å². The zero-order chi connectivity index (χ0) is 28.6. The lowest BCUT2D eigenvalue weighted by Gasteiger charge is -2.34. The molecule has 0 aliphatic rings. The van der Waals surface area contributed by atoms with E-state index in [4.69, 9.17) is 9.47 Å². The minimum atomic E-state index is -0.744. The second-order valence-electron chi connectivity index (χ2n) is 11.9. The van der Waals surface area contributed by atoms with E-state index in [2.05, 4.69) is 26.1 Å². The Balaban J connectivity index is 1.98. The van der Waals surface area contributed by atoms with Crippen LogP contribution >= 0.6 is 0 Å². The lowest BCUT2D eigenvalue weighted by molar-refractivity contribution is -0.143. The molecule has 0 aliphatic heterocycles. The molecular formula is C33H42N2O4. The van der Waals surface area contributed by atoms with Gasteiger partial charge in [-0.25, -0.2) is 0 Å². The maximum absolute atomic E-state index is 13.9. The highest BCUT2D eigenvalue weighted by atomic mass is 16.5. The molecule has 0 saturated carbocycles. The van der Waals surface area contributed by atoms with Gasteiger partial charge in [-0.1, -0.05) is 81.4 Å². The van der Waals surface area contributed by atoms with Gasteiger partial charge in [-0.3, -0.25) is 9.59 Å². The molecule has 0 spiro atoms. The first-order chi connectivity index (χ1) is 18.4. The molecule has 1 atom stereocenters. The lowest BCUT2D eigenvalue weighted by Crippen LogP contribution is -2.55. The fourth-order valence-corrected chi connectivity index (χ4v) is 4.41. The molecule has 3 rings (SSSR count). The number of amides is 2. The van der Waals surface area contributed by atoms with Gasteiger partial charge in [-0.2, -0.15) is 0 Å². The van der Waals surface area contributed by atoms with E-state index in [1.807, 2.05) is 99.6 Å². The summed E-state index contributed by atoms with van der Waals surface area (Å²) in [6.45, 7) is 12.2. The number of rotatable bonds is 10. The Morgan fingerprint density at radius 2 is 1.49 bits per heavy atom. The van der Waals surface area contributed by atoms with Gasteiger partial charge in [0.2, 0.25) is 5.91 Å². The van der Waals surface area contributed by atoms with Crippen molar-refractivity contribution in [3.63, 3.8) is 0 Å². The zero-order valence-electron chi connectivity index (χ0n) is 24.3. The summed E-state index contributed by atoms with van der Waals surface area (Å²) in [5.41, 5.74) is 2.23. The third kappa shape index (κ3) is 8.88. The van der Waals surface area contributed by atoms with Gasteiger partial charge in [-0.15, -0.1) is 0 Å².